The van der Waals surface area contributed by atoms with Gasteiger partial charge in [-0.05, 0) is 25.2 Å². The van der Waals surface area contributed by atoms with E-state index in [1.807, 2.05) is 0 Å². The molecule has 0 aromatic carbocycles. The van der Waals surface area contributed by atoms with Gasteiger partial charge in [0.1, 0.15) is 0 Å². The van der Waals surface area contributed by atoms with Crippen molar-refractivity contribution in [2.45, 2.75) is 31.8 Å². The Morgan fingerprint density at radius 3 is 2.69 bits per heavy atom. The van der Waals surface area contributed by atoms with E-state index >= 15 is 0 Å². The fourth-order valence-electron chi connectivity index (χ4n) is 2.39. The molecule has 2 aliphatic rings. The third-order valence-electron chi connectivity index (χ3n) is 3.76. The van der Waals surface area contributed by atoms with Gasteiger partial charge in [0.15, 0.2) is 0 Å². The van der Waals surface area contributed by atoms with Gasteiger partial charge in [0.05, 0.1) is 12.7 Å². The first-order valence-corrected chi connectivity index (χ1v) is 5.24. The van der Waals surface area contributed by atoms with Crippen LogP contribution in [0, 0.1) is 11.3 Å². The van der Waals surface area contributed by atoms with Crippen molar-refractivity contribution in [3.8, 4) is 0 Å². The second-order valence-electron chi connectivity index (χ2n) is 4.50. The van der Waals surface area contributed by atoms with Crippen molar-refractivity contribution < 1.29 is 9.84 Å². The maximum Gasteiger partial charge on any atom is 0.0659 e. The third-order valence-corrected chi connectivity index (χ3v) is 3.76. The summed E-state index contributed by atoms with van der Waals surface area (Å²) in [5.41, 5.74) is 5.63. The molecular weight excluding hydrogens is 166 g/mol. The molecule has 0 aromatic rings. The highest BCUT2D eigenvalue weighted by Gasteiger charge is 2.45. The fourth-order valence-corrected chi connectivity index (χ4v) is 2.39. The molecule has 0 radical (unpaired) electrons. The average molecular weight is 185 g/mol. The lowest BCUT2D eigenvalue weighted by atomic mass is 9.69. The van der Waals surface area contributed by atoms with Crippen LogP contribution in [0.25, 0.3) is 0 Å². The Morgan fingerprint density at radius 2 is 2.31 bits per heavy atom. The van der Waals surface area contributed by atoms with E-state index in [1.165, 1.54) is 19.3 Å². The summed E-state index contributed by atoms with van der Waals surface area (Å²) in [6.07, 6.45) is 4.31. The zero-order valence-corrected chi connectivity index (χ0v) is 8.04. The van der Waals surface area contributed by atoms with Crippen molar-refractivity contribution in [3.05, 3.63) is 0 Å². The molecule has 0 amide bonds. The van der Waals surface area contributed by atoms with E-state index in [9.17, 15) is 5.11 Å². The van der Waals surface area contributed by atoms with Crippen LogP contribution in [-0.2, 0) is 4.74 Å². The summed E-state index contributed by atoms with van der Waals surface area (Å²) in [6.45, 7) is 1.98. The maximum absolute atomic E-state index is 10.2. The molecule has 3 N–H and O–H groups in total. The zero-order chi connectivity index (χ0) is 9.31. The van der Waals surface area contributed by atoms with Crippen molar-refractivity contribution in [2.75, 3.05) is 19.8 Å². The predicted octanol–water partition coefficient (Wildman–Crippen LogP) is 0.513. The van der Waals surface area contributed by atoms with Crippen LogP contribution in [0.3, 0.4) is 0 Å². The lowest BCUT2D eigenvalue weighted by Gasteiger charge is -2.40. The minimum absolute atomic E-state index is 0.120. The summed E-state index contributed by atoms with van der Waals surface area (Å²) in [7, 11) is 0. The summed E-state index contributed by atoms with van der Waals surface area (Å²) >= 11 is 0. The lowest BCUT2D eigenvalue weighted by Crippen LogP contribution is -2.48. The molecule has 13 heavy (non-hydrogen) atoms. The Kier molecular flexibility index (Phi) is 2.58. The van der Waals surface area contributed by atoms with Gasteiger partial charge in [-0.2, -0.15) is 0 Å². The van der Waals surface area contributed by atoms with Gasteiger partial charge in [0.2, 0.25) is 0 Å². The van der Waals surface area contributed by atoms with Gasteiger partial charge < -0.3 is 15.6 Å². The molecule has 2 fully saturated rings. The smallest absolute Gasteiger partial charge is 0.0659 e. The van der Waals surface area contributed by atoms with Crippen LogP contribution in [-0.4, -0.2) is 31.0 Å². The fraction of sp³-hybridized carbons (Fsp3) is 1.00. The molecule has 1 saturated heterocycles. The molecule has 76 valence electrons. The number of ether oxygens (including phenoxy) is 1. The molecule has 1 saturated carbocycles. The van der Waals surface area contributed by atoms with Gasteiger partial charge in [0.25, 0.3) is 0 Å². The first kappa shape index (κ1) is 9.44. The Hall–Kier alpha value is -0.120. The monoisotopic (exact) mass is 185 g/mol. The summed E-state index contributed by atoms with van der Waals surface area (Å²) < 4.78 is 5.35. The second-order valence-corrected chi connectivity index (χ2v) is 4.50. The minimum Gasteiger partial charge on any atom is -0.392 e. The standard InChI is InChI=1S/C10H19NO2/c11-6-10(4-5-13-7-10)9(12)8-2-1-3-8/h8-9,12H,1-7,11H2. The van der Waals surface area contributed by atoms with E-state index in [2.05, 4.69) is 0 Å². The van der Waals surface area contributed by atoms with Crippen molar-refractivity contribution in [1.29, 1.82) is 0 Å². The molecule has 0 spiro atoms. The third kappa shape index (κ3) is 1.49. The highest BCUT2D eigenvalue weighted by molar-refractivity contribution is 4.95. The Morgan fingerprint density at radius 1 is 1.54 bits per heavy atom. The van der Waals surface area contributed by atoms with E-state index in [-0.39, 0.29) is 11.5 Å². The number of nitrogens with two attached hydrogens (primary N) is 1. The van der Waals surface area contributed by atoms with Gasteiger partial charge in [0, 0.05) is 18.6 Å². The summed E-state index contributed by atoms with van der Waals surface area (Å²) in [6, 6.07) is 0. The topological polar surface area (TPSA) is 55.5 Å². The van der Waals surface area contributed by atoms with Crippen molar-refractivity contribution in [2.24, 2.45) is 17.1 Å². The van der Waals surface area contributed by atoms with Crippen LogP contribution in [0.4, 0.5) is 0 Å². The van der Waals surface area contributed by atoms with Gasteiger partial charge in [-0.15, -0.1) is 0 Å². The summed E-state index contributed by atoms with van der Waals surface area (Å²) in [5.74, 6) is 0.491. The SMILES string of the molecule is NCC1(C(O)C2CCC2)CCOC1. The first-order chi connectivity index (χ1) is 6.28. The molecule has 2 atom stereocenters. The van der Waals surface area contributed by atoms with Crippen LogP contribution >= 0.6 is 0 Å². The molecule has 2 unspecified atom stereocenters. The molecule has 0 bridgehead atoms. The molecule has 3 nitrogen and oxygen atoms in total. The number of hydrogen-bond donors (Lipinski definition) is 2. The van der Waals surface area contributed by atoms with Crippen LogP contribution in [0.5, 0.6) is 0 Å². The number of aliphatic hydroxyl groups is 1. The molecule has 1 aliphatic carbocycles. The first-order valence-electron chi connectivity index (χ1n) is 5.24. The summed E-state index contributed by atoms with van der Waals surface area (Å²) in [4.78, 5) is 0. The Labute approximate surface area is 79.3 Å². The molecular formula is C10H19NO2. The maximum atomic E-state index is 10.2. The van der Waals surface area contributed by atoms with Crippen LogP contribution in [0.15, 0.2) is 0 Å². The van der Waals surface area contributed by atoms with Gasteiger partial charge in [-0.1, -0.05) is 6.42 Å². The molecule has 1 aliphatic heterocycles. The van der Waals surface area contributed by atoms with Crippen LogP contribution in [0.2, 0.25) is 0 Å². The largest absolute Gasteiger partial charge is 0.392 e. The molecule has 0 aromatic heterocycles. The van der Waals surface area contributed by atoms with Gasteiger partial charge in [-0.3, -0.25) is 0 Å². The van der Waals surface area contributed by atoms with E-state index in [1.54, 1.807) is 0 Å². The van der Waals surface area contributed by atoms with Crippen molar-refractivity contribution >= 4 is 0 Å². The molecule has 1 heterocycles. The Balaban J connectivity index is 2.01. The summed E-state index contributed by atoms with van der Waals surface area (Å²) in [5, 5.41) is 10.2. The minimum atomic E-state index is -0.228. The zero-order valence-electron chi connectivity index (χ0n) is 8.04. The van der Waals surface area contributed by atoms with Crippen molar-refractivity contribution in [1.82, 2.24) is 0 Å². The Bertz CT molecular complexity index is 174. The quantitative estimate of drug-likeness (QED) is 0.673. The van der Waals surface area contributed by atoms with E-state index in [0.29, 0.717) is 19.1 Å². The van der Waals surface area contributed by atoms with E-state index in [4.69, 9.17) is 10.5 Å². The molecule has 2 rings (SSSR count). The van der Waals surface area contributed by atoms with E-state index < -0.39 is 0 Å². The average Bonchev–Trinajstić information content (AvgIpc) is 2.49. The highest BCUT2D eigenvalue weighted by Crippen LogP contribution is 2.41. The highest BCUT2D eigenvalue weighted by atomic mass is 16.5. The lowest BCUT2D eigenvalue weighted by molar-refractivity contribution is -0.0438. The normalized spacial score (nSPS) is 37.4. The number of rotatable bonds is 3. The van der Waals surface area contributed by atoms with Crippen LogP contribution < -0.4 is 5.73 Å². The number of aliphatic hydroxyl groups excluding tert-OH is 1. The molecule has 3 heteroatoms. The van der Waals surface area contributed by atoms with Gasteiger partial charge >= 0.3 is 0 Å². The van der Waals surface area contributed by atoms with E-state index in [0.717, 1.165) is 13.0 Å². The predicted molar refractivity (Wildman–Crippen MR) is 50.3 cm³/mol. The number of hydrogen-bond acceptors (Lipinski definition) is 3. The van der Waals surface area contributed by atoms with Crippen molar-refractivity contribution in [3.63, 3.8) is 0 Å². The van der Waals surface area contributed by atoms with Crippen LogP contribution in [0.1, 0.15) is 25.7 Å². The van der Waals surface area contributed by atoms with Gasteiger partial charge in [-0.25, -0.2) is 0 Å². The second kappa shape index (κ2) is 3.56.